The number of ether oxygens (including phenoxy) is 1. The van der Waals surface area contributed by atoms with E-state index in [2.05, 4.69) is 5.32 Å². The van der Waals surface area contributed by atoms with E-state index in [0.29, 0.717) is 0 Å². The van der Waals surface area contributed by atoms with Gasteiger partial charge >= 0.3 is 0 Å². The van der Waals surface area contributed by atoms with Crippen molar-refractivity contribution >= 4 is 35.0 Å². The zero-order valence-corrected chi connectivity index (χ0v) is 12.9. The van der Waals surface area contributed by atoms with Crippen LogP contribution < -0.4 is 5.32 Å². The van der Waals surface area contributed by atoms with Crippen LogP contribution in [0.4, 0.5) is 0 Å². The van der Waals surface area contributed by atoms with Gasteiger partial charge in [-0.25, -0.2) is 0 Å². The lowest BCUT2D eigenvalue weighted by Crippen LogP contribution is -2.19. The number of hydrogen-bond donors (Lipinski definition) is 1. The fourth-order valence-corrected chi connectivity index (χ4v) is 2.79. The van der Waals surface area contributed by atoms with Crippen LogP contribution in [0.25, 0.3) is 0 Å². The normalized spacial score (nSPS) is 10.8. The molecule has 1 aromatic carbocycles. The average Bonchev–Trinajstić information content (AvgIpc) is 2.36. The predicted molar refractivity (Wildman–Crippen MR) is 81.2 cm³/mol. The molecule has 102 valence electrons. The quantitative estimate of drug-likeness (QED) is 0.548. The first kappa shape index (κ1) is 16.1. The monoisotopic (exact) mass is 307 g/mol. The zero-order valence-electron chi connectivity index (χ0n) is 10.5. The molecular weight excluding hydrogens is 289 g/mol. The summed E-state index contributed by atoms with van der Waals surface area (Å²) in [6.45, 7) is 5.59. The van der Waals surface area contributed by atoms with Crippen LogP contribution in [0.15, 0.2) is 23.1 Å². The van der Waals surface area contributed by atoms with Crippen molar-refractivity contribution in [2.24, 2.45) is 0 Å². The Kier molecular flexibility index (Phi) is 8.90. The fraction of sp³-hybridized carbons (Fsp3) is 0.538. The van der Waals surface area contributed by atoms with Gasteiger partial charge in [-0.05, 0) is 38.1 Å². The molecule has 0 spiro atoms. The fourth-order valence-electron chi connectivity index (χ4n) is 1.39. The van der Waals surface area contributed by atoms with Gasteiger partial charge in [-0.15, -0.1) is 11.8 Å². The topological polar surface area (TPSA) is 21.3 Å². The van der Waals surface area contributed by atoms with Gasteiger partial charge in [0.15, 0.2) is 0 Å². The number of hydrogen-bond acceptors (Lipinski definition) is 3. The first-order valence-corrected chi connectivity index (χ1v) is 7.84. The van der Waals surface area contributed by atoms with Gasteiger partial charge in [-0.3, -0.25) is 0 Å². The second-order valence-corrected chi connectivity index (χ2v) is 5.70. The van der Waals surface area contributed by atoms with Crippen LogP contribution >= 0.6 is 35.0 Å². The Morgan fingerprint density at radius 2 is 2.11 bits per heavy atom. The second-order valence-electron chi connectivity index (χ2n) is 3.72. The summed E-state index contributed by atoms with van der Waals surface area (Å²) >= 11 is 13.7. The van der Waals surface area contributed by atoms with Crippen LogP contribution in [0.1, 0.15) is 13.3 Å². The maximum Gasteiger partial charge on any atom is 0.0542 e. The molecule has 0 aromatic heterocycles. The summed E-state index contributed by atoms with van der Waals surface area (Å²) in [7, 11) is 0. The van der Waals surface area contributed by atoms with Crippen LogP contribution in [0.3, 0.4) is 0 Å². The predicted octanol–water partition coefficient (Wildman–Crippen LogP) is 4.10. The molecule has 2 nitrogen and oxygen atoms in total. The van der Waals surface area contributed by atoms with Gasteiger partial charge in [0, 0.05) is 35.4 Å². The minimum atomic E-state index is 0.728. The summed E-state index contributed by atoms with van der Waals surface area (Å²) in [5.74, 6) is 0.981. The molecule has 0 unspecified atom stereocenters. The molecule has 0 saturated carbocycles. The Labute approximate surface area is 123 Å². The van der Waals surface area contributed by atoms with Crippen LogP contribution in [0.2, 0.25) is 10.0 Å². The standard InChI is InChI=1S/C13H19Cl2NOS/c1-2-17-8-3-6-16-7-9-18-13-10-11(14)4-5-12(13)15/h4-5,10,16H,2-3,6-9H2,1H3. The van der Waals surface area contributed by atoms with E-state index in [0.717, 1.165) is 53.4 Å². The van der Waals surface area contributed by atoms with E-state index in [4.69, 9.17) is 27.9 Å². The summed E-state index contributed by atoms with van der Waals surface area (Å²) in [4.78, 5) is 1.04. The van der Waals surface area contributed by atoms with Crippen molar-refractivity contribution in [1.82, 2.24) is 5.32 Å². The largest absolute Gasteiger partial charge is 0.382 e. The lowest BCUT2D eigenvalue weighted by molar-refractivity contribution is 0.145. The van der Waals surface area contributed by atoms with Crippen molar-refractivity contribution in [2.75, 3.05) is 32.1 Å². The highest BCUT2D eigenvalue weighted by Gasteiger charge is 2.01. The molecule has 0 fully saturated rings. The number of nitrogens with one attached hydrogen (secondary N) is 1. The minimum absolute atomic E-state index is 0.728. The molecule has 0 aliphatic rings. The van der Waals surface area contributed by atoms with E-state index in [1.165, 1.54) is 0 Å². The molecule has 0 heterocycles. The van der Waals surface area contributed by atoms with Gasteiger partial charge in [0.1, 0.15) is 0 Å². The molecule has 0 radical (unpaired) electrons. The van der Waals surface area contributed by atoms with Crippen LogP contribution in [0.5, 0.6) is 0 Å². The van der Waals surface area contributed by atoms with Crippen molar-refractivity contribution < 1.29 is 4.74 Å². The molecule has 5 heteroatoms. The molecule has 0 aliphatic heterocycles. The Hall–Kier alpha value is 0.0700. The Balaban J connectivity index is 2.09. The van der Waals surface area contributed by atoms with Gasteiger partial charge in [0.05, 0.1) is 5.02 Å². The molecule has 0 amide bonds. The average molecular weight is 308 g/mol. The van der Waals surface area contributed by atoms with E-state index < -0.39 is 0 Å². The van der Waals surface area contributed by atoms with Crippen molar-refractivity contribution in [1.29, 1.82) is 0 Å². The van der Waals surface area contributed by atoms with Crippen molar-refractivity contribution in [3.8, 4) is 0 Å². The van der Waals surface area contributed by atoms with Crippen molar-refractivity contribution in [2.45, 2.75) is 18.2 Å². The molecule has 0 saturated heterocycles. The van der Waals surface area contributed by atoms with Crippen molar-refractivity contribution in [3.05, 3.63) is 28.2 Å². The highest BCUT2D eigenvalue weighted by Crippen LogP contribution is 2.29. The lowest BCUT2D eigenvalue weighted by atomic mass is 10.4. The first-order chi connectivity index (χ1) is 8.74. The molecule has 18 heavy (non-hydrogen) atoms. The smallest absolute Gasteiger partial charge is 0.0542 e. The molecule has 1 N–H and O–H groups in total. The third-order valence-corrected chi connectivity index (χ3v) is 4.01. The SMILES string of the molecule is CCOCCCNCCSc1cc(Cl)ccc1Cl. The number of thioether (sulfide) groups is 1. The maximum atomic E-state index is 6.08. The summed E-state index contributed by atoms with van der Waals surface area (Å²) in [6, 6.07) is 5.55. The second kappa shape index (κ2) is 9.93. The van der Waals surface area contributed by atoms with Gasteiger partial charge in [-0.2, -0.15) is 0 Å². The summed E-state index contributed by atoms with van der Waals surface area (Å²) in [5, 5.41) is 4.86. The highest BCUT2D eigenvalue weighted by atomic mass is 35.5. The Morgan fingerprint density at radius 3 is 2.89 bits per heavy atom. The number of halogens is 2. The Bertz CT molecular complexity index is 350. The van der Waals surface area contributed by atoms with E-state index in [1.54, 1.807) is 17.8 Å². The number of rotatable bonds is 9. The van der Waals surface area contributed by atoms with Gasteiger partial charge < -0.3 is 10.1 Å². The van der Waals surface area contributed by atoms with Crippen LogP contribution in [-0.4, -0.2) is 32.1 Å². The lowest BCUT2D eigenvalue weighted by Gasteiger charge is -2.06. The van der Waals surface area contributed by atoms with Gasteiger partial charge in [0.25, 0.3) is 0 Å². The molecule has 1 rings (SSSR count). The summed E-state index contributed by atoms with van der Waals surface area (Å²) in [5.41, 5.74) is 0. The third kappa shape index (κ3) is 6.86. The molecule has 0 atom stereocenters. The molecular formula is C13H19Cl2NOS. The van der Waals surface area contributed by atoms with E-state index in [-0.39, 0.29) is 0 Å². The molecule has 1 aromatic rings. The molecule has 0 bridgehead atoms. The summed E-state index contributed by atoms with van der Waals surface area (Å²) in [6.07, 6.45) is 1.05. The third-order valence-electron chi connectivity index (χ3n) is 2.28. The Morgan fingerprint density at radius 1 is 1.28 bits per heavy atom. The van der Waals surface area contributed by atoms with Crippen LogP contribution in [0, 0.1) is 0 Å². The van der Waals surface area contributed by atoms with Crippen LogP contribution in [-0.2, 0) is 4.74 Å². The first-order valence-electron chi connectivity index (χ1n) is 6.10. The summed E-state index contributed by atoms with van der Waals surface area (Å²) < 4.78 is 5.26. The van der Waals surface area contributed by atoms with Gasteiger partial charge in [0.2, 0.25) is 0 Å². The van der Waals surface area contributed by atoms with Crippen molar-refractivity contribution in [3.63, 3.8) is 0 Å². The van der Waals surface area contributed by atoms with E-state index in [1.807, 2.05) is 19.1 Å². The van der Waals surface area contributed by atoms with Gasteiger partial charge in [-0.1, -0.05) is 23.2 Å². The highest BCUT2D eigenvalue weighted by molar-refractivity contribution is 7.99. The maximum absolute atomic E-state index is 6.08. The van der Waals surface area contributed by atoms with E-state index in [9.17, 15) is 0 Å². The number of benzene rings is 1. The minimum Gasteiger partial charge on any atom is -0.382 e. The molecule has 0 aliphatic carbocycles. The van der Waals surface area contributed by atoms with E-state index >= 15 is 0 Å². The zero-order chi connectivity index (χ0) is 13.2.